The number of hydrogen-bond donors (Lipinski definition) is 0. The molecule has 1 aliphatic heterocycles. The van der Waals surface area contributed by atoms with E-state index in [4.69, 9.17) is 14.2 Å². The van der Waals surface area contributed by atoms with E-state index in [0.29, 0.717) is 25.5 Å². The third-order valence-electron chi connectivity index (χ3n) is 2.82. The lowest BCUT2D eigenvalue weighted by atomic mass is 10.1. The van der Waals surface area contributed by atoms with E-state index in [1.165, 1.54) is 0 Å². The largest absolute Gasteiger partial charge is 0.466 e. The molecule has 1 saturated heterocycles. The van der Waals surface area contributed by atoms with Crippen LogP contribution < -0.4 is 0 Å². The second kappa shape index (κ2) is 5.46. The fraction of sp³-hybridized carbons (Fsp3) is 0.538. The number of aromatic nitrogens is 1. The van der Waals surface area contributed by atoms with Gasteiger partial charge in [0.2, 0.25) is 0 Å². The Morgan fingerprint density at radius 3 is 2.72 bits per heavy atom. The Labute approximate surface area is 106 Å². The summed E-state index contributed by atoms with van der Waals surface area (Å²) in [5.41, 5.74) is 1.53. The zero-order chi connectivity index (χ0) is 13.0. The molecule has 0 unspecified atom stereocenters. The van der Waals surface area contributed by atoms with Crippen LogP contribution in [0.5, 0.6) is 0 Å². The molecule has 18 heavy (non-hydrogen) atoms. The molecule has 0 aromatic carbocycles. The van der Waals surface area contributed by atoms with E-state index in [-0.39, 0.29) is 12.4 Å². The van der Waals surface area contributed by atoms with Crippen molar-refractivity contribution >= 4 is 5.97 Å². The molecule has 1 aromatic rings. The first-order valence-electron chi connectivity index (χ1n) is 6.03. The minimum atomic E-state index is -0.713. The molecule has 5 heteroatoms. The average Bonchev–Trinajstić information content (AvgIpc) is 2.78. The van der Waals surface area contributed by atoms with Gasteiger partial charge in [-0.3, -0.25) is 9.78 Å². The molecule has 0 spiro atoms. The number of carbonyl (C=O) groups is 1. The van der Waals surface area contributed by atoms with Gasteiger partial charge in [-0.05, 0) is 19.9 Å². The highest BCUT2D eigenvalue weighted by atomic mass is 16.7. The molecular weight excluding hydrogens is 234 g/mol. The first-order chi connectivity index (χ1) is 8.64. The van der Waals surface area contributed by atoms with Gasteiger partial charge in [0.25, 0.3) is 0 Å². The lowest BCUT2D eigenvalue weighted by Gasteiger charge is -2.22. The van der Waals surface area contributed by atoms with Crippen molar-refractivity contribution in [2.24, 2.45) is 0 Å². The number of hydrogen-bond acceptors (Lipinski definition) is 5. The molecule has 1 fully saturated rings. The van der Waals surface area contributed by atoms with Crippen molar-refractivity contribution in [3.05, 3.63) is 29.6 Å². The summed E-state index contributed by atoms with van der Waals surface area (Å²) in [4.78, 5) is 15.5. The fourth-order valence-electron chi connectivity index (χ4n) is 1.84. The van der Waals surface area contributed by atoms with E-state index in [2.05, 4.69) is 4.98 Å². The van der Waals surface area contributed by atoms with Crippen LogP contribution in [0.25, 0.3) is 0 Å². The number of nitrogens with zero attached hydrogens (tertiary/aromatic N) is 1. The third-order valence-corrected chi connectivity index (χ3v) is 2.82. The van der Waals surface area contributed by atoms with Crippen molar-refractivity contribution < 1.29 is 19.0 Å². The molecule has 5 nitrogen and oxygen atoms in total. The van der Waals surface area contributed by atoms with Crippen molar-refractivity contribution in [3.8, 4) is 0 Å². The molecule has 0 atom stereocenters. The second-order valence-electron chi connectivity index (χ2n) is 4.16. The molecular formula is C13H17NO4. The van der Waals surface area contributed by atoms with Crippen molar-refractivity contribution in [2.75, 3.05) is 19.8 Å². The predicted molar refractivity (Wildman–Crippen MR) is 63.8 cm³/mol. The molecule has 0 N–H and O–H groups in total. The molecule has 98 valence electrons. The summed E-state index contributed by atoms with van der Waals surface area (Å²) in [6.45, 7) is 5.20. The lowest BCUT2D eigenvalue weighted by molar-refractivity contribution is -0.149. The van der Waals surface area contributed by atoms with Gasteiger partial charge in [-0.25, -0.2) is 0 Å². The zero-order valence-corrected chi connectivity index (χ0v) is 10.6. The highest BCUT2D eigenvalue weighted by Crippen LogP contribution is 2.30. The fourth-order valence-corrected chi connectivity index (χ4v) is 1.84. The monoisotopic (exact) mass is 251 g/mol. The minimum absolute atomic E-state index is 0.187. The highest BCUT2D eigenvalue weighted by molar-refractivity contribution is 5.71. The van der Waals surface area contributed by atoms with E-state index in [1.54, 1.807) is 19.2 Å². The van der Waals surface area contributed by atoms with Crippen LogP contribution in [0.3, 0.4) is 0 Å². The van der Waals surface area contributed by atoms with Crippen molar-refractivity contribution in [1.82, 2.24) is 4.98 Å². The highest BCUT2D eigenvalue weighted by Gasteiger charge is 2.33. The van der Waals surface area contributed by atoms with E-state index >= 15 is 0 Å². The number of pyridine rings is 1. The number of carbonyl (C=O) groups excluding carboxylic acids is 1. The SMILES string of the molecule is CCOC(=O)Cc1ccc(C2(C)OCCO2)cn1. The Morgan fingerprint density at radius 2 is 2.17 bits per heavy atom. The summed E-state index contributed by atoms with van der Waals surface area (Å²) in [6.07, 6.45) is 1.87. The van der Waals surface area contributed by atoms with Crippen LogP contribution >= 0.6 is 0 Å². The molecule has 1 aliphatic rings. The Bertz CT molecular complexity index is 410. The maximum atomic E-state index is 11.3. The smallest absolute Gasteiger partial charge is 0.311 e. The summed E-state index contributed by atoms with van der Waals surface area (Å²) in [6, 6.07) is 3.66. The predicted octanol–water partition coefficient (Wildman–Crippen LogP) is 1.41. The minimum Gasteiger partial charge on any atom is -0.466 e. The molecule has 0 aliphatic carbocycles. The first-order valence-corrected chi connectivity index (χ1v) is 6.03. The molecule has 0 bridgehead atoms. The summed E-state index contributed by atoms with van der Waals surface area (Å²) in [5.74, 6) is -0.979. The van der Waals surface area contributed by atoms with E-state index in [9.17, 15) is 4.79 Å². The van der Waals surface area contributed by atoms with E-state index in [0.717, 1.165) is 5.56 Å². The Hall–Kier alpha value is -1.46. The summed E-state index contributed by atoms with van der Waals surface area (Å²) < 4.78 is 15.9. The topological polar surface area (TPSA) is 57.7 Å². The van der Waals surface area contributed by atoms with E-state index in [1.807, 2.05) is 13.0 Å². The van der Waals surface area contributed by atoms with Crippen LogP contribution in [-0.4, -0.2) is 30.8 Å². The first kappa shape index (κ1) is 13.0. The van der Waals surface area contributed by atoms with Gasteiger partial charge in [-0.2, -0.15) is 0 Å². The Kier molecular flexibility index (Phi) is 3.93. The molecule has 2 heterocycles. The maximum absolute atomic E-state index is 11.3. The van der Waals surface area contributed by atoms with Crippen LogP contribution in [0.4, 0.5) is 0 Å². The van der Waals surface area contributed by atoms with Crippen molar-refractivity contribution in [1.29, 1.82) is 0 Å². The summed E-state index contributed by atoms with van der Waals surface area (Å²) in [7, 11) is 0. The van der Waals surface area contributed by atoms with Crippen LogP contribution in [0.2, 0.25) is 0 Å². The second-order valence-corrected chi connectivity index (χ2v) is 4.16. The van der Waals surface area contributed by atoms with Gasteiger partial charge in [-0.1, -0.05) is 6.07 Å². The Morgan fingerprint density at radius 1 is 1.44 bits per heavy atom. The van der Waals surface area contributed by atoms with Gasteiger partial charge in [0.05, 0.1) is 31.9 Å². The van der Waals surface area contributed by atoms with Crippen molar-refractivity contribution in [2.45, 2.75) is 26.1 Å². The number of ether oxygens (including phenoxy) is 3. The molecule has 0 radical (unpaired) electrons. The molecule has 1 aromatic heterocycles. The van der Waals surface area contributed by atoms with Crippen molar-refractivity contribution in [3.63, 3.8) is 0 Å². The lowest BCUT2D eigenvalue weighted by Crippen LogP contribution is -2.22. The molecule has 0 amide bonds. The summed E-state index contributed by atoms with van der Waals surface area (Å²) in [5, 5.41) is 0. The van der Waals surface area contributed by atoms with Crippen LogP contribution in [-0.2, 0) is 31.2 Å². The van der Waals surface area contributed by atoms with Gasteiger partial charge >= 0.3 is 5.97 Å². The van der Waals surface area contributed by atoms with Gasteiger partial charge in [-0.15, -0.1) is 0 Å². The van der Waals surface area contributed by atoms with E-state index < -0.39 is 5.79 Å². The molecule has 2 rings (SSSR count). The average molecular weight is 251 g/mol. The third kappa shape index (κ3) is 2.86. The van der Waals surface area contributed by atoms with Crippen LogP contribution in [0, 0.1) is 0 Å². The van der Waals surface area contributed by atoms with Gasteiger partial charge < -0.3 is 14.2 Å². The zero-order valence-electron chi connectivity index (χ0n) is 10.6. The standard InChI is InChI=1S/C13H17NO4/c1-3-16-12(15)8-11-5-4-10(9-14-11)13(2)17-6-7-18-13/h4-5,9H,3,6-8H2,1-2H3. The number of rotatable bonds is 4. The Balaban J connectivity index is 2.03. The molecule has 0 saturated carbocycles. The van der Waals surface area contributed by atoms with Crippen LogP contribution in [0.1, 0.15) is 25.1 Å². The van der Waals surface area contributed by atoms with Gasteiger partial charge in [0, 0.05) is 11.8 Å². The van der Waals surface area contributed by atoms with Gasteiger partial charge in [0.1, 0.15) is 0 Å². The maximum Gasteiger partial charge on any atom is 0.311 e. The van der Waals surface area contributed by atoms with Crippen LogP contribution in [0.15, 0.2) is 18.3 Å². The number of esters is 1. The quantitative estimate of drug-likeness (QED) is 0.757. The summed E-state index contributed by atoms with van der Waals surface area (Å²) >= 11 is 0. The normalized spacial score (nSPS) is 17.7. The van der Waals surface area contributed by atoms with Gasteiger partial charge in [0.15, 0.2) is 5.79 Å².